The SMILES string of the molecule is Cn1cc(Oc2cc(C(C)(C)C)nc(C(C)(C)C)n2)cn1. The van der Waals surface area contributed by atoms with Gasteiger partial charge in [-0.25, -0.2) is 4.98 Å². The second-order valence-electron chi connectivity index (χ2n) is 7.37. The quantitative estimate of drug-likeness (QED) is 0.847. The molecule has 0 atom stereocenters. The summed E-state index contributed by atoms with van der Waals surface area (Å²) in [5.41, 5.74) is 0.783. The van der Waals surface area contributed by atoms with Gasteiger partial charge >= 0.3 is 0 Å². The van der Waals surface area contributed by atoms with Crippen molar-refractivity contribution in [1.29, 1.82) is 0 Å². The number of ether oxygens (including phenoxy) is 1. The number of rotatable bonds is 2. The first kappa shape index (κ1) is 15.5. The Balaban J connectivity index is 2.45. The van der Waals surface area contributed by atoms with Crippen LogP contribution in [0.1, 0.15) is 53.1 Å². The number of aromatic nitrogens is 4. The van der Waals surface area contributed by atoms with Crippen LogP contribution in [0.4, 0.5) is 0 Å². The average molecular weight is 288 g/mol. The minimum Gasteiger partial charge on any atom is -0.436 e. The Morgan fingerprint density at radius 3 is 2.14 bits per heavy atom. The van der Waals surface area contributed by atoms with Crippen molar-refractivity contribution in [3.8, 4) is 11.6 Å². The molecule has 2 aromatic rings. The van der Waals surface area contributed by atoms with E-state index in [1.807, 2.05) is 19.3 Å². The number of nitrogens with zero attached hydrogens (tertiary/aromatic N) is 4. The third-order valence-electron chi connectivity index (χ3n) is 3.05. The number of hydrogen-bond acceptors (Lipinski definition) is 4. The molecular formula is C16H24N4O. The van der Waals surface area contributed by atoms with Crippen LogP contribution in [-0.2, 0) is 17.9 Å². The van der Waals surface area contributed by atoms with Crippen molar-refractivity contribution in [1.82, 2.24) is 19.7 Å². The molecule has 2 heterocycles. The summed E-state index contributed by atoms with van der Waals surface area (Å²) in [5, 5.41) is 4.10. The van der Waals surface area contributed by atoms with Crippen molar-refractivity contribution in [3.63, 3.8) is 0 Å². The highest BCUT2D eigenvalue weighted by Crippen LogP contribution is 2.29. The molecule has 0 aliphatic carbocycles. The summed E-state index contributed by atoms with van der Waals surface area (Å²) in [7, 11) is 1.86. The third-order valence-corrected chi connectivity index (χ3v) is 3.05. The summed E-state index contributed by atoms with van der Waals surface area (Å²) >= 11 is 0. The zero-order valence-electron chi connectivity index (χ0n) is 13.9. The van der Waals surface area contributed by atoms with Gasteiger partial charge in [0, 0.05) is 23.9 Å². The molecule has 21 heavy (non-hydrogen) atoms. The van der Waals surface area contributed by atoms with Gasteiger partial charge in [0.25, 0.3) is 0 Å². The Labute approximate surface area is 126 Å². The Bertz CT molecular complexity index is 600. The Hall–Kier alpha value is -1.91. The van der Waals surface area contributed by atoms with Crippen LogP contribution < -0.4 is 4.74 Å². The Kier molecular flexibility index (Phi) is 3.78. The molecule has 0 amide bonds. The van der Waals surface area contributed by atoms with Gasteiger partial charge in [-0.3, -0.25) is 4.68 Å². The van der Waals surface area contributed by atoms with E-state index in [9.17, 15) is 0 Å². The van der Waals surface area contributed by atoms with E-state index in [1.165, 1.54) is 0 Å². The van der Waals surface area contributed by atoms with Crippen molar-refractivity contribution >= 4 is 0 Å². The molecule has 0 bridgehead atoms. The lowest BCUT2D eigenvalue weighted by atomic mass is 9.90. The van der Waals surface area contributed by atoms with E-state index in [4.69, 9.17) is 9.72 Å². The lowest BCUT2D eigenvalue weighted by Gasteiger charge is -2.23. The molecule has 0 saturated carbocycles. The highest BCUT2D eigenvalue weighted by molar-refractivity contribution is 5.28. The molecule has 0 saturated heterocycles. The second-order valence-corrected chi connectivity index (χ2v) is 7.37. The topological polar surface area (TPSA) is 52.8 Å². The maximum Gasteiger partial charge on any atom is 0.222 e. The van der Waals surface area contributed by atoms with E-state index < -0.39 is 0 Å². The lowest BCUT2D eigenvalue weighted by Crippen LogP contribution is -2.21. The molecule has 0 unspecified atom stereocenters. The highest BCUT2D eigenvalue weighted by Gasteiger charge is 2.24. The van der Waals surface area contributed by atoms with Crippen molar-refractivity contribution in [2.45, 2.75) is 52.4 Å². The number of hydrogen-bond donors (Lipinski definition) is 0. The fourth-order valence-electron chi connectivity index (χ4n) is 1.77. The largest absolute Gasteiger partial charge is 0.436 e. The van der Waals surface area contributed by atoms with Gasteiger partial charge in [0.05, 0.1) is 18.1 Å². The van der Waals surface area contributed by atoms with Gasteiger partial charge in [-0.2, -0.15) is 10.1 Å². The molecular weight excluding hydrogens is 264 g/mol. The van der Waals surface area contributed by atoms with Crippen LogP contribution in [0.15, 0.2) is 18.5 Å². The van der Waals surface area contributed by atoms with E-state index in [-0.39, 0.29) is 10.8 Å². The Morgan fingerprint density at radius 1 is 1.00 bits per heavy atom. The maximum absolute atomic E-state index is 5.84. The molecule has 0 radical (unpaired) electrons. The standard InChI is InChI=1S/C16H24N4O/c1-15(2,3)12-8-13(19-14(18-12)16(4,5)6)21-11-9-17-20(7)10-11/h8-10H,1-7H3. The van der Waals surface area contributed by atoms with E-state index in [2.05, 4.69) is 51.6 Å². The maximum atomic E-state index is 5.84. The summed E-state index contributed by atoms with van der Waals surface area (Å²) < 4.78 is 7.54. The molecule has 0 spiro atoms. The normalized spacial score (nSPS) is 12.5. The first-order valence-corrected chi connectivity index (χ1v) is 7.12. The second kappa shape index (κ2) is 5.13. The average Bonchev–Trinajstić information content (AvgIpc) is 2.72. The summed E-state index contributed by atoms with van der Waals surface area (Å²) in [6.07, 6.45) is 3.49. The zero-order valence-corrected chi connectivity index (χ0v) is 13.9. The van der Waals surface area contributed by atoms with E-state index in [1.54, 1.807) is 10.9 Å². The summed E-state index contributed by atoms with van der Waals surface area (Å²) in [5.74, 6) is 2.03. The minimum absolute atomic E-state index is 0.0595. The predicted octanol–water partition coefficient (Wildman–Crippen LogP) is 3.60. The summed E-state index contributed by atoms with van der Waals surface area (Å²) in [6, 6.07) is 1.90. The smallest absolute Gasteiger partial charge is 0.222 e. The Morgan fingerprint density at radius 2 is 1.67 bits per heavy atom. The zero-order chi connectivity index (χ0) is 15.8. The molecule has 0 aliphatic rings. The molecule has 0 aromatic carbocycles. The van der Waals surface area contributed by atoms with Gasteiger partial charge < -0.3 is 4.74 Å². The van der Waals surface area contributed by atoms with Gasteiger partial charge in [-0.15, -0.1) is 0 Å². The summed E-state index contributed by atoms with van der Waals surface area (Å²) in [6.45, 7) is 12.7. The molecule has 5 heteroatoms. The van der Waals surface area contributed by atoms with Crippen LogP contribution >= 0.6 is 0 Å². The third kappa shape index (κ3) is 3.80. The predicted molar refractivity (Wildman–Crippen MR) is 82.7 cm³/mol. The highest BCUT2D eigenvalue weighted by atomic mass is 16.5. The van der Waals surface area contributed by atoms with Crippen LogP contribution in [0, 0.1) is 0 Å². The monoisotopic (exact) mass is 288 g/mol. The van der Waals surface area contributed by atoms with Crippen molar-refractivity contribution < 1.29 is 4.74 Å². The van der Waals surface area contributed by atoms with E-state index in [0.717, 1.165) is 11.5 Å². The molecule has 114 valence electrons. The van der Waals surface area contributed by atoms with Gasteiger partial charge in [-0.05, 0) is 0 Å². The van der Waals surface area contributed by atoms with Crippen LogP contribution in [-0.4, -0.2) is 19.7 Å². The molecule has 5 nitrogen and oxygen atoms in total. The van der Waals surface area contributed by atoms with E-state index in [0.29, 0.717) is 11.6 Å². The lowest BCUT2D eigenvalue weighted by molar-refractivity contribution is 0.435. The van der Waals surface area contributed by atoms with Gasteiger partial charge in [0.2, 0.25) is 5.88 Å². The van der Waals surface area contributed by atoms with Crippen LogP contribution in [0.2, 0.25) is 0 Å². The van der Waals surface area contributed by atoms with Crippen molar-refractivity contribution in [2.75, 3.05) is 0 Å². The number of aryl methyl sites for hydroxylation is 1. The van der Waals surface area contributed by atoms with Crippen LogP contribution in [0.25, 0.3) is 0 Å². The van der Waals surface area contributed by atoms with Gasteiger partial charge in [0.15, 0.2) is 5.75 Å². The fourth-order valence-corrected chi connectivity index (χ4v) is 1.77. The molecule has 2 rings (SSSR count). The first-order valence-electron chi connectivity index (χ1n) is 7.12. The molecule has 0 N–H and O–H groups in total. The van der Waals surface area contributed by atoms with Crippen molar-refractivity contribution in [3.05, 3.63) is 30.0 Å². The van der Waals surface area contributed by atoms with Crippen LogP contribution in [0.3, 0.4) is 0 Å². The fraction of sp³-hybridized carbons (Fsp3) is 0.562. The summed E-state index contributed by atoms with van der Waals surface area (Å²) in [4.78, 5) is 9.26. The van der Waals surface area contributed by atoms with Crippen molar-refractivity contribution in [2.24, 2.45) is 7.05 Å². The minimum atomic E-state index is -0.131. The molecule has 0 aliphatic heterocycles. The molecule has 2 aromatic heterocycles. The van der Waals surface area contributed by atoms with Gasteiger partial charge in [-0.1, -0.05) is 41.5 Å². The first-order chi connectivity index (χ1) is 9.55. The van der Waals surface area contributed by atoms with Gasteiger partial charge in [0.1, 0.15) is 5.82 Å². The molecule has 0 fully saturated rings. The van der Waals surface area contributed by atoms with Crippen LogP contribution in [0.5, 0.6) is 11.6 Å². The van der Waals surface area contributed by atoms with E-state index >= 15 is 0 Å².